The number of amides is 1. The van der Waals surface area contributed by atoms with Crippen molar-refractivity contribution in [3.8, 4) is 5.75 Å². The minimum atomic E-state index is -0.269. The third kappa shape index (κ3) is 7.22. The van der Waals surface area contributed by atoms with Crippen molar-refractivity contribution < 1.29 is 9.53 Å². The second-order valence-electron chi connectivity index (χ2n) is 6.91. The Kier molecular flexibility index (Phi) is 7.55. The molecule has 0 atom stereocenters. The van der Waals surface area contributed by atoms with E-state index < -0.39 is 0 Å². The molecule has 0 aliphatic carbocycles. The van der Waals surface area contributed by atoms with Gasteiger partial charge in [0.1, 0.15) is 23.1 Å². The number of anilines is 2. The lowest BCUT2D eigenvalue weighted by atomic mass is 10.2. The van der Waals surface area contributed by atoms with Crippen LogP contribution in [0.4, 0.5) is 11.5 Å². The molecule has 1 aromatic carbocycles. The Labute approximate surface area is 161 Å². The minimum Gasteiger partial charge on any atom is -0.491 e. The van der Waals surface area contributed by atoms with Gasteiger partial charge < -0.3 is 20.3 Å². The first-order valence-electron chi connectivity index (χ1n) is 9.16. The summed E-state index contributed by atoms with van der Waals surface area (Å²) in [7, 11) is 4.08. The zero-order chi connectivity index (χ0) is 19.8. The van der Waals surface area contributed by atoms with Crippen LogP contribution in [-0.4, -0.2) is 54.1 Å². The van der Waals surface area contributed by atoms with E-state index >= 15 is 0 Å². The third-order valence-electron chi connectivity index (χ3n) is 3.64. The van der Waals surface area contributed by atoms with E-state index in [1.807, 2.05) is 52.2 Å². The monoisotopic (exact) mass is 371 g/mol. The summed E-state index contributed by atoms with van der Waals surface area (Å²) in [6.45, 7) is 7.49. The highest BCUT2D eigenvalue weighted by Gasteiger charge is 2.11. The van der Waals surface area contributed by atoms with Gasteiger partial charge in [-0.15, -0.1) is 0 Å². The number of aromatic nitrogens is 2. The first kappa shape index (κ1) is 20.6. The fourth-order valence-corrected chi connectivity index (χ4v) is 2.47. The molecule has 146 valence electrons. The smallest absolute Gasteiger partial charge is 0.274 e. The number of carbonyl (C=O) groups is 1. The van der Waals surface area contributed by atoms with Gasteiger partial charge >= 0.3 is 0 Å². The first-order valence-corrected chi connectivity index (χ1v) is 9.16. The largest absolute Gasteiger partial charge is 0.491 e. The molecule has 1 aromatic heterocycles. The van der Waals surface area contributed by atoms with Crippen LogP contribution in [0.15, 0.2) is 30.3 Å². The highest BCUT2D eigenvalue weighted by atomic mass is 16.5. The van der Waals surface area contributed by atoms with E-state index in [9.17, 15) is 4.79 Å². The Bertz CT molecular complexity index is 745. The van der Waals surface area contributed by atoms with Crippen molar-refractivity contribution in [2.75, 3.05) is 37.8 Å². The second kappa shape index (κ2) is 9.87. The Morgan fingerprint density at radius 3 is 2.52 bits per heavy atom. The summed E-state index contributed by atoms with van der Waals surface area (Å²) in [5.41, 5.74) is 1.02. The minimum absolute atomic E-state index is 0.109. The van der Waals surface area contributed by atoms with Gasteiger partial charge in [0.25, 0.3) is 5.91 Å². The Morgan fingerprint density at radius 2 is 1.89 bits per heavy atom. The molecule has 0 bridgehead atoms. The summed E-state index contributed by atoms with van der Waals surface area (Å²) in [4.78, 5) is 23.3. The number of carbonyl (C=O) groups excluding carboxylic acids is 1. The van der Waals surface area contributed by atoms with Gasteiger partial charge in [0, 0.05) is 18.3 Å². The molecule has 7 heteroatoms. The standard InChI is InChI=1S/C20H29N5O2/c1-14(2)27-17-9-7-16(8-10-17)24-20(26)18-13-19(23-15(3)22-18)21-11-6-12-25(4)5/h7-10,13-14H,6,11-12H2,1-5H3,(H,24,26)(H,21,22,23). The maximum atomic E-state index is 12.5. The second-order valence-corrected chi connectivity index (χ2v) is 6.91. The van der Waals surface area contributed by atoms with Gasteiger partial charge in [-0.05, 0) is 72.1 Å². The molecule has 0 spiro atoms. The zero-order valence-electron chi connectivity index (χ0n) is 16.7. The van der Waals surface area contributed by atoms with Crippen molar-refractivity contribution in [3.05, 3.63) is 41.9 Å². The van der Waals surface area contributed by atoms with Crippen molar-refractivity contribution in [1.82, 2.24) is 14.9 Å². The Morgan fingerprint density at radius 1 is 1.19 bits per heavy atom. The third-order valence-corrected chi connectivity index (χ3v) is 3.64. The lowest BCUT2D eigenvalue weighted by Gasteiger charge is -2.12. The van der Waals surface area contributed by atoms with Crippen LogP contribution in [0.2, 0.25) is 0 Å². The molecule has 27 heavy (non-hydrogen) atoms. The number of ether oxygens (including phenoxy) is 1. The van der Waals surface area contributed by atoms with Crippen LogP contribution in [0.5, 0.6) is 5.75 Å². The Hall–Kier alpha value is -2.67. The Balaban J connectivity index is 1.98. The van der Waals surface area contributed by atoms with Crippen LogP contribution in [-0.2, 0) is 0 Å². The van der Waals surface area contributed by atoms with E-state index in [1.54, 1.807) is 13.0 Å². The topological polar surface area (TPSA) is 79.4 Å². The number of rotatable bonds is 9. The number of hydrogen-bond donors (Lipinski definition) is 2. The fraction of sp³-hybridized carbons (Fsp3) is 0.450. The molecule has 0 aliphatic heterocycles. The van der Waals surface area contributed by atoms with Crippen molar-refractivity contribution in [2.45, 2.75) is 33.3 Å². The molecule has 0 saturated carbocycles. The lowest BCUT2D eigenvalue weighted by Crippen LogP contribution is -2.18. The van der Waals surface area contributed by atoms with E-state index in [2.05, 4.69) is 25.5 Å². The molecule has 0 aliphatic rings. The lowest BCUT2D eigenvalue weighted by molar-refractivity contribution is 0.102. The molecule has 2 rings (SSSR count). The molecule has 1 heterocycles. The summed E-state index contributed by atoms with van der Waals surface area (Å²) in [5.74, 6) is 1.71. The van der Waals surface area contributed by atoms with Crippen LogP contribution in [0.1, 0.15) is 36.6 Å². The average molecular weight is 371 g/mol. The average Bonchev–Trinajstić information content (AvgIpc) is 2.59. The fourth-order valence-electron chi connectivity index (χ4n) is 2.47. The summed E-state index contributed by atoms with van der Waals surface area (Å²) >= 11 is 0. The van der Waals surface area contributed by atoms with E-state index in [0.717, 1.165) is 25.3 Å². The summed E-state index contributed by atoms with van der Waals surface area (Å²) in [6, 6.07) is 8.96. The van der Waals surface area contributed by atoms with Gasteiger partial charge in [-0.1, -0.05) is 0 Å². The first-order chi connectivity index (χ1) is 12.8. The SMILES string of the molecule is Cc1nc(NCCCN(C)C)cc(C(=O)Nc2ccc(OC(C)C)cc2)n1. The molecule has 1 amide bonds. The number of nitrogens with zero attached hydrogens (tertiary/aromatic N) is 3. The van der Waals surface area contributed by atoms with Gasteiger partial charge in [0.2, 0.25) is 0 Å². The van der Waals surface area contributed by atoms with Crippen LogP contribution >= 0.6 is 0 Å². The molecule has 2 N–H and O–H groups in total. The summed E-state index contributed by atoms with van der Waals surface area (Å²) in [5, 5.41) is 6.11. The van der Waals surface area contributed by atoms with Crippen LogP contribution in [0.25, 0.3) is 0 Å². The van der Waals surface area contributed by atoms with E-state index in [1.165, 1.54) is 0 Å². The van der Waals surface area contributed by atoms with Gasteiger partial charge in [0.15, 0.2) is 0 Å². The number of nitrogens with one attached hydrogen (secondary N) is 2. The van der Waals surface area contributed by atoms with Crippen molar-refractivity contribution in [1.29, 1.82) is 0 Å². The normalized spacial score (nSPS) is 10.9. The maximum absolute atomic E-state index is 12.5. The van der Waals surface area contributed by atoms with Gasteiger partial charge in [-0.3, -0.25) is 4.79 Å². The summed E-state index contributed by atoms with van der Waals surface area (Å²) < 4.78 is 5.61. The molecular formula is C20H29N5O2. The predicted molar refractivity (Wildman–Crippen MR) is 109 cm³/mol. The molecule has 0 unspecified atom stereocenters. The molecule has 7 nitrogen and oxygen atoms in total. The van der Waals surface area contributed by atoms with E-state index in [4.69, 9.17) is 4.74 Å². The zero-order valence-corrected chi connectivity index (χ0v) is 16.7. The predicted octanol–water partition coefficient (Wildman–Crippen LogP) is 3.19. The molecule has 2 aromatic rings. The van der Waals surface area contributed by atoms with E-state index in [0.29, 0.717) is 23.0 Å². The highest BCUT2D eigenvalue weighted by molar-refractivity contribution is 6.03. The molecule has 0 fully saturated rings. The van der Waals surface area contributed by atoms with Crippen LogP contribution in [0, 0.1) is 6.92 Å². The quantitative estimate of drug-likeness (QED) is 0.659. The maximum Gasteiger partial charge on any atom is 0.274 e. The number of hydrogen-bond acceptors (Lipinski definition) is 6. The van der Waals surface area contributed by atoms with Gasteiger partial charge in [-0.2, -0.15) is 0 Å². The summed E-state index contributed by atoms with van der Waals surface area (Å²) in [6.07, 6.45) is 1.10. The van der Waals surface area contributed by atoms with Gasteiger partial charge in [-0.25, -0.2) is 9.97 Å². The number of benzene rings is 1. The van der Waals surface area contributed by atoms with Crippen LogP contribution < -0.4 is 15.4 Å². The van der Waals surface area contributed by atoms with Crippen molar-refractivity contribution >= 4 is 17.4 Å². The molecule has 0 radical (unpaired) electrons. The molecular weight excluding hydrogens is 342 g/mol. The van der Waals surface area contributed by atoms with Crippen LogP contribution in [0.3, 0.4) is 0 Å². The van der Waals surface area contributed by atoms with E-state index in [-0.39, 0.29) is 12.0 Å². The molecule has 0 saturated heterocycles. The number of aryl methyl sites for hydroxylation is 1. The van der Waals surface area contributed by atoms with Gasteiger partial charge in [0.05, 0.1) is 6.10 Å². The van der Waals surface area contributed by atoms with Crippen molar-refractivity contribution in [2.24, 2.45) is 0 Å². The highest BCUT2D eigenvalue weighted by Crippen LogP contribution is 2.18. The van der Waals surface area contributed by atoms with Crippen molar-refractivity contribution in [3.63, 3.8) is 0 Å².